The normalized spacial score (nSPS) is 28.8. The molecule has 0 radical (unpaired) electrons. The maximum absolute atomic E-state index is 12.8. The quantitative estimate of drug-likeness (QED) is 0.538. The van der Waals surface area contributed by atoms with Crippen molar-refractivity contribution in [2.45, 2.75) is 56.9 Å². The highest BCUT2D eigenvalue weighted by Gasteiger charge is 2.50. The van der Waals surface area contributed by atoms with Crippen molar-refractivity contribution in [1.29, 1.82) is 0 Å². The smallest absolute Gasteiger partial charge is 0.322 e. The maximum atomic E-state index is 12.8. The van der Waals surface area contributed by atoms with Gasteiger partial charge in [-0.15, -0.1) is 0 Å². The van der Waals surface area contributed by atoms with Crippen LogP contribution in [0, 0.1) is 17.8 Å². The molecule has 7 heteroatoms. The van der Waals surface area contributed by atoms with E-state index in [2.05, 4.69) is 16.0 Å². The largest absolute Gasteiger partial charge is 0.328 e. The van der Waals surface area contributed by atoms with Crippen LogP contribution in [0.4, 0.5) is 16.2 Å². The molecule has 4 amide bonds. The second-order valence-corrected chi connectivity index (χ2v) is 11.3. The van der Waals surface area contributed by atoms with Crippen LogP contribution >= 0.6 is 0 Å². The van der Waals surface area contributed by atoms with Gasteiger partial charge in [0.25, 0.3) is 5.91 Å². The SMILES string of the molecule is O=C1CCN(c2cccc(NC(=O)c3ccc(CCNC45CC6CC(CC(C6)C4)C5)cc3)c2)C(=O)N1. The molecule has 2 aromatic rings. The Morgan fingerprint density at radius 3 is 2.33 bits per heavy atom. The number of rotatable bonds is 7. The molecule has 5 fully saturated rings. The van der Waals surface area contributed by atoms with Gasteiger partial charge in [-0.2, -0.15) is 0 Å². The minimum absolute atomic E-state index is 0.191. The summed E-state index contributed by atoms with van der Waals surface area (Å²) in [7, 11) is 0. The molecule has 4 bridgehead atoms. The number of hydrogen-bond donors (Lipinski definition) is 3. The zero-order valence-electron chi connectivity index (χ0n) is 20.6. The first-order valence-corrected chi connectivity index (χ1v) is 13.3. The van der Waals surface area contributed by atoms with Gasteiger partial charge in [0.2, 0.25) is 5.91 Å². The van der Waals surface area contributed by atoms with E-state index in [0.29, 0.717) is 29.0 Å². The molecule has 1 saturated heterocycles. The van der Waals surface area contributed by atoms with Gasteiger partial charge >= 0.3 is 6.03 Å². The predicted molar refractivity (Wildman–Crippen MR) is 139 cm³/mol. The number of carbonyl (C=O) groups is 3. The predicted octanol–water partition coefficient (Wildman–Crippen LogP) is 4.49. The molecule has 2 aromatic carbocycles. The summed E-state index contributed by atoms with van der Waals surface area (Å²) >= 11 is 0. The summed E-state index contributed by atoms with van der Waals surface area (Å²) in [5.41, 5.74) is 3.45. The summed E-state index contributed by atoms with van der Waals surface area (Å²) in [6.45, 7) is 1.31. The lowest BCUT2D eigenvalue weighted by Gasteiger charge is -2.57. The molecule has 5 aliphatic rings. The van der Waals surface area contributed by atoms with Gasteiger partial charge in [-0.05, 0) is 105 Å². The molecule has 0 unspecified atom stereocenters. The molecule has 188 valence electrons. The van der Waals surface area contributed by atoms with Crippen molar-refractivity contribution in [3.63, 3.8) is 0 Å². The monoisotopic (exact) mass is 486 g/mol. The summed E-state index contributed by atoms with van der Waals surface area (Å²) in [6.07, 6.45) is 9.69. The van der Waals surface area contributed by atoms with Crippen molar-refractivity contribution in [3.8, 4) is 0 Å². The Bertz CT molecular complexity index is 1140. The van der Waals surface area contributed by atoms with Gasteiger partial charge in [-0.3, -0.25) is 19.8 Å². The van der Waals surface area contributed by atoms with E-state index in [-0.39, 0.29) is 18.2 Å². The molecule has 4 aliphatic carbocycles. The number of benzene rings is 2. The van der Waals surface area contributed by atoms with Crippen LogP contribution in [-0.2, 0) is 11.2 Å². The molecule has 0 atom stereocenters. The third-order valence-electron chi connectivity index (χ3n) is 8.64. The fourth-order valence-electron chi connectivity index (χ4n) is 7.39. The molecule has 3 N–H and O–H groups in total. The summed E-state index contributed by atoms with van der Waals surface area (Å²) < 4.78 is 0. The Hall–Kier alpha value is -3.19. The fraction of sp³-hybridized carbons (Fsp3) is 0.483. The Labute approximate surface area is 212 Å². The third kappa shape index (κ3) is 4.76. The van der Waals surface area contributed by atoms with E-state index in [1.807, 2.05) is 24.3 Å². The van der Waals surface area contributed by atoms with Gasteiger partial charge in [0, 0.05) is 35.4 Å². The van der Waals surface area contributed by atoms with Crippen LogP contribution in [0.15, 0.2) is 48.5 Å². The minimum atomic E-state index is -0.442. The van der Waals surface area contributed by atoms with Crippen LogP contribution in [0.1, 0.15) is 60.9 Å². The number of imide groups is 1. The van der Waals surface area contributed by atoms with Crippen LogP contribution in [0.2, 0.25) is 0 Å². The summed E-state index contributed by atoms with van der Waals surface area (Å²) in [4.78, 5) is 37.9. The molecule has 36 heavy (non-hydrogen) atoms. The highest BCUT2D eigenvalue weighted by molar-refractivity contribution is 6.07. The number of hydrogen-bond acceptors (Lipinski definition) is 4. The average molecular weight is 487 g/mol. The molecule has 1 heterocycles. The van der Waals surface area contributed by atoms with Crippen molar-refractivity contribution >= 4 is 29.2 Å². The number of amides is 4. The molecule has 1 aliphatic heterocycles. The van der Waals surface area contributed by atoms with E-state index in [1.54, 1.807) is 24.3 Å². The Morgan fingerprint density at radius 1 is 0.972 bits per heavy atom. The topological polar surface area (TPSA) is 90.5 Å². The summed E-state index contributed by atoms with van der Waals surface area (Å²) in [5, 5.41) is 9.20. The summed E-state index contributed by atoms with van der Waals surface area (Å²) in [5.74, 6) is 2.38. The number of anilines is 2. The first-order valence-electron chi connectivity index (χ1n) is 13.3. The molecular weight excluding hydrogens is 452 g/mol. The molecule has 0 aromatic heterocycles. The number of urea groups is 1. The zero-order chi connectivity index (χ0) is 24.7. The van der Waals surface area contributed by atoms with E-state index in [0.717, 1.165) is 30.7 Å². The van der Waals surface area contributed by atoms with Crippen molar-refractivity contribution in [2.24, 2.45) is 17.8 Å². The molecule has 4 saturated carbocycles. The number of carbonyl (C=O) groups excluding carboxylic acids is 3. The van der Waals surface area contributed by atoms with Gasteiger partial charge in [0.1, 0.15) is 0 Å². The van der Waals surface area contributed by atoms with E-state index in [9.17, 15) is 14.4 Å². The van der Waals surface area contributed by atoms with Crippen molar-refractivity contribution in [1.82, 2.24) is 10.6 Å². The number of nitrogens with zero attached hydrogens (tertiary/aromatic N) is 1. The third-order valence-corrected chi connectivity index (χ3v) is 8.64. The highest BCUT2D eigenvalue weighted by Crippen LogP contribution is 2.55. The molecule has 7 nitrogen and oxygen atoms in total. The lowest BCUT2D eigenvalue weighted by Crippen LogP contribution is -2.58. The second kappa shape index (κ2) is 9.36. The van der Waals surface area contributed by atoms with Crippen LogP contribution in [-0.4, -0.2) is 36.5 Å². The van der Waals surface area contributed by atoms with Crippen molar-refractivity contribution in [2.75, 3.05) is 23.3 Å². The first-order chi connectivity index (χ1) is 17.4. The molecule has 7 rings (SSSR count). The van der Waals surface area contributed by atoms with Gasteiger partial charge in [-0.1, -0.05) is 18.2 Å². The van der Waals surface area contributed by atoms with E-state index >= 15 is 0 Å². The Balaban J connectivity index is 1.03. The van der Waals surface area contributed by atoms with Gasteiger partial charge < -0.3 is 10.6 Å². The van der Waals surface area contributed by atoms with Gasteiger partial charge in [-0.25, -0.2) is 4.79 Å². The van der Waals surface area contributed by atoms with Crippen LogP contribution < -0.4 is 20.9 Å². The highest BCUT2D eigenvalue weighted by atomic mass is 16.2. The van der Waals surface area contributed by atoms with E-state index in [1.165, 1.54) is 49.0 Å². The summed E-state index contributed by atoms with van der Waals surface area (Å²) in [6, 6.07) is 14.5. The lowest BCUT2D eigenvalue weighted by atomic mass is 9.53. The molecular formula is C29H34N4O3. The van der Waals surface area contributed by atoms with E-state index in [4.69, 9.17) is 0 Å². The van der Waals surface area contributed by atoms with Crippen LogP contribution in [0.5, 0.6) is 0 Å². The fourth-order valence-corrected chi connectivity index (χ4v) is 7.39. The second-order valence-electron chi connectivity index (χ2n) is 11.3. The van der Waals surface area contributed by atoms with Crippen molar-refractivity contribution < 1.29 is 14.4 Å². The number of nitrogens with one attached hydrogen (secondary N) is 3. The standard InChI is InChI=1S/C29H34N4O3/c34-26-9-11-33(28(36)32-26)25-3-1-2-24(15-25)31-27(35)23-6-4-19(5-7-23)8-10-30-29-16-20-12-21(17-29)14-22(13-20)18-29/h1-7,15,20-22,30H,8-14,16-18H2,(H,31,35)(H,32,34,36). The maximum Gasteiger partial charge on any atom is 0.328 e. The lowest BCUT2D eigenvalue weighted by molar-refractivity contribution is -0.120. The zero-order valence-corrected chi connectivity index (χ0v) is 20.6. The van der Waals surface area contributed by atoms with E-state index < -0.39 is 6.03 Å². The Kier molecular flexibility index (Phi) is 6.04. The van der Waals surface area contributed by atoms with Crippen LogP contribution in [0.25, 0.3) is 0 Å². The molecule has 0 spiro atoms. The minimum Gasteiger partial charge on any atom is -0.322 e. The average Bonchev–Trinajstić information content (AvgIpc) is 2.84. The Morgan fingerprint density at radius 2 is 1.67 bits per heavy atom. The van der Waals surface area contributed by atoms with Gasteiger partial charge in [0.15, 0.2) is 0 Å². The van der Waals surface area contributed by atoms with Crippen LogP contribution in [0.3, 0.4) is 0 Å². The first kappa shape index (κ1) is 23.2. The van der Waals surface area contributed by atoms with Crippen molar-refractivity contribution in [3.05, 3.63) is 59.7 Å². The van der Waals surface area contributed by atoms with Gasteiger partial charge in [0.05, 0.1) is 0 Å².